The number of aliphatic carboxylic acids is 1. The Bertz CT molecular complexity index is 425. The van der Waals surface area contributed by atoms with Gasteiger partial charge in [-0.25, -0.2) is 0 Å². The Morgan fingerprint density at radius 3 is 2.59 bits per heavy atom. The highest BCUT2D eigenvalue weighted by atomic mass is 79.9. The molecule has 0 spiro atoms. The fourth-order valence-corrected chi connectivity index (χ4v) is 2.98. The van der Waals surface area contributed by atoms with Gasteiger partial charge in [0.05, 0.1) is 11.6 Å². The van der Waals surface area contributed by atoms with E-state index in [1.807, 2.05) is 0 Å². The number of anilines is 1. The van der Waals surface area contributed by atoms with Crippen LogP contribution in [-0.4, -0.2) is 24.2 Å². The summed E-state index contributed by atoms with van der Waals surface area (Å²) in [6, 6.07) is 6.28. The van der Waals surface area contributed by atoms with Crippen molar-refractivity contribution in [2.75, 3.05) is 18.0 Å². The van der Waals surface area contributed by atoms with Crippen LogP contribution >= 0.6 is 15.9 Å². The number of carbonyl (C=O) groups is 1. The number of carboxylic acid groups (broad SMARTS) is 1. The third-order valence-electron chi connectivity index (χ3n) is 3.29. The molecule has 0 atom stereocenters. The molecule has 1 heterocycles. The summed E-state index contributed by atoms with van der Waals surface area (Å²) in [4.78, 5) is 13.1. The smallest absolute Gasteiger partial charge is 0.306 e. The molecule has 0 unspecified atom stereocenters. The van der Waals surface area contributed by atoms with Gasteiger partial charge in [0.1, 0.15) is 0 Å². The van der Waals surface area contributed by atoms with Crippen LogP contribution in [0.15, 0.2) is 22.7 Å². The molecule has 1 saturated heterocycles. The summed E-state index contributed by atoms with van der Waals surface area (Å²) in [6.45, 7) is 3.70. The zero-order chi connectivity index (χ0) is 12.4. The van der Waals surface area contributed by atoms with E-state index in [1.165, 1.54) is 11.3 Å². The summed E-state index contributed by atoms with van der Waals surface area (Å²) in [6.07, 6.45) is 1.46. The van der Waals surface area contributed by atoms with Gasteiger partial charge in [-0.05, 0) is 53.4 Å². The average Bonchev–Trinajstić information content (AvgIpc) is 2.29. The largest absolute Gasteiger partial charge is 0.481 e. The van der Waals surface area contributed by atoms with Crippen molar-refractivity contribution in [1.82, 2.24) is 0 Å². The molecular weight excluding hydrogens is 282 g/mol. The van der Waals surface area contributed by atoms with Gasteiger partial charge >= 0.3 is 5.97 Å². The van der Waals surface area contributed by atoms with Gasteiger partial charge in [0.25, 0.3) is 0 Å². The van der Waals surface area contributed by atoms with Crippen LogP contribution in [0.25, 0.3) is 0 Å². The second-order valence-electron chi connectivity index (χ2n) is 4.55. The number of hydrogen-bond acceptors (Lipinski definition) is 2. The Labute approximate surface area is 110 Å². The van der Waals surface area contributed by atoms with Crippen LogP contribution in [0.3, 0.4) is 0 Å². The monoisotopic (exact) mass is 297 g/mol. The van der Waals surface area contributed by atoms with E-state index in [-0.39, 0.29) is 5.92 Å². The number of rotatable bonds is 2. The lowest BCUT2D eigenvalue weighted by Gasteiger charge is -2.32. The van der Waals surface area contributed by atoms with E-state index in [4.69, 9.17) is 5.11 Å². The molecule has 1 fully saturated rings. The Balaban J connectivity index is 2.08. The highest BCUT2D eigenvalue weighted by Crippen LogP contribution is 2.30. The summed E-state index contributed by atoms with van der Waals surface area (Å²) < 4.78 is 1.09. The number of halogens is 1. The predicted molar refractivity (Wildman–Crippen MR) is 71.5 cm³/mol. The second-order valence-corrected chi connectivity index (χ2v) is 5.41. The zero-order valence-corrected chi connectivity index (χ0v) is 11.4. The number of benzene rings is 1. The molecule has 3 nitrogen and oxygen atoms in total. The first-order valence-corrected chi connectivity index (χ1v) is 6.61. The van der Waals surface area contributed by atoms with Gasteiger partial charge in [0.2, 0.25) is 0 Å². The fraction of sp³-hybridized carbons (Fsp3) is 0.462. The first kappa shape index (κ1) is 12.4. The molecule has 4 heteroatoms. The van der Waals surface area contributed by atoms with Gasteiger partial charge in [-0.2, -0.15) is 0 Å². The highest BCUT2D eigenvalue weighted by Gasteiger charge is 2.25. The topological polar surface area (TPSA) is 40.5 Å². The maximum Gasteiger partial charge on any atom is 0.306 e. The number of hydrogen-bond donors (Lipinski definition) is 1. The van der Waals surface area contributed by atoms with E-state index in [0.29, 0.717) is 0 Å². The molecular formula is C13H16BrNO2. The maximum absolute atomic E-state index is 10.9. The van der Waals surface area contributed by atoms with Crippen molar-refractivity contribution < 1.29 is 9.90 Å². The summed E-state index contributed by atoms with van der Waals surface area (Å²) in [5.74, 6) is -0.830. The molecule has 17 heavy (non-hydrogen) atoms. The van der Waals surface area contributed by atoms with Crippen molar-refractivity contribution in [2.45, 2.75) is 19.8 Å². The van der Waals surface area contributed by atoms with Crippen LogP contribution in [0.5, 0.6) is 0 Å². The van der Waals surface area contributed by atoms with Gasteiger partial charge < -0.3 is 10.0 Å². The van der Waals surface area contributed by atoms with E-state index in [1.54, 1.807) is 0 Å². The minimum absolute atomic E-state index is 0.171. The van der Waals surface area contributed by atoms with Crippen LogP contribution in [0.4, 0.5) is 5.69 Å². The van der Waals surface area contributed by atoms with Crippen molar-refractivity contribution in [2.24, 2.45) is 5.92 Å². The number of piperidine rings is 1. The van der Waals surface area contributed by atoms with E-state index in [2.05, 4.69) is 46.0 Å². The molecule has 0 radical (unpaired) electrons. The van der Waals surface area contributed by atoms with Gasteiger partial charge in [-0.1, -0.05) is 6.07 Å². The van der Waals surface area contributed by atoms with E-state index < -0.39 is 5.97 Å². The SMILES string of the molecule is Cc1ccc(N2CCC(C(=O)O)CC2)c(Br)c1. The molecule has 1 aromatic carbocycles. The van der Waals surface area contributed by atoms with Crippen molar-refractivity contribution in [3.8, 4) is 0 Å². The number of aryl methyl sites for hydroxylation is 1. The normalized spacial score (nSPS) is 17.2. The van der Waals surface area contributed by atoms with Crippen LogP contribution < -0.4 is 4.90 Å². The van der Waals surface area contributed by atoms with Crippen molar-refractivity contribution >= 4 is 27.6 Å². The van der Waals surface area contributed by atoms with Gasteiger partial charge in [0, 0.05) is 17.6 Å². The van der Waals surface area contributed by atoms with E-state index in [0.717, 1.165) is 30.4 Å². The Morgan fingerprint density at radius 2 is 2.06 bits per heavy atom. The first-order chi connectivity index (χ1) is 8.08. The second kappa shape index (κ2) is 5.08. The van der Waals surface area contributed by atoms with Gasteiger partial charge in [-0.15, -0.1) is 0 Å². The molecule has 1 aromatic rings. The molecule has 2 rings (SSSR count). The summed E-state index contributed by atoms with van der Waals surface area (Å²) in [5, 5.41) is 8.96. The lowest BCUT2D eigenvalue weighted by molar-refractivity contribution is -0.142. The maximum atomic E-state index is 10.9. The van der Waals surface area contributed by atoms with Crippen LogP contribution in [-0.2, 0) is 4.79 Å². The lowest BCUT2D eigenvalue weighted by atomic mass is 9.96. The Kier molecular flexibility index (Phi) is 3.72. The third-order valence-corrected chi connectivity index (χ3v) is 3.92. The fourth-order valence-electron chi connectivity index (χ4n) is 2.24. The minimum Gasteiger partial charge on any atom is -0.481 e. The third kappa shape index (κ3) is 2.80. The minimum atomic E-state index is -0.660. The lowest BCUT2D eigenvalue weighted by Crippen LogP contribution is -2.36. The average molecular weight is 298 g/mol. The molecule has 0 saturated carbocycles. The highest BCUT2D eigenvalue weighted by molar-refractivity contribution is 9.10. The Hall–Kier alpha value is -1.03. The number of nitrogens with zero attached hydrogens (tertiary/aromatic N) is 1. The molecule has 0 aliphatic carbocycles. The Morgan fingerprint density at radius 1 is 1.41 bits per heavy atom. The molecule has 1 aliphatic rings. The first-order valence-electron chi connectivity index (χ1n) is 5.82. The van der Waals surface area contributed by atoms with Crippen LogP contribution in [0.1, 0.15) is 18.4 Å². The molecule has 1 aliphatic heterocycles. The van der Waals surface area contributed by atoms with Gasteiger partial charge in [-0.3, -0.25) is 4.79 Å². The molecule has 0 aromatic heterocycles. The molecule has 0 bridgehead atoms. The van der Waals surface area contributed by atoms with E-state index in [9.17, 15) is 4.79 Å². The standard InChI is InChI=1S/C13H16BrNO2/c1-9-2-3-12(11(14)8-9)15-6-4-10(5-7-15)13(16)17/h2-3,8,10H,4-7H2,1H3,(H,16,17). The van der Waals surface area contributed by atoms with Crippen molar-refractivity contribution in [1.29, 1.82) is 0 Å². The quantitative estimate of drug-likeness (QED) is 0.912. The molecule has 1 N–H and O–H groups in total. The predicted octanol–water partition coefficient (Wildman–Crippen LogP) is 3.06. The van der Waals surface area contributed by atoms with Crippen molar-refractivity contribution in [3.05, 3.63) is 28.2 Å². The zero-order valence-electron chi connectivity index (χ0n) is 9.82. The number of carboxylic acids is 1. The van der Waals surface area contributed by atoms with Crippen LogP contribution in [0.2, 0.25) is 0 Å². The summed E-state index contributed by atoms with van der Waals surface area (Å²) >= 11 is 3.57. The molecule has 92 valence electrons. The molecule has 0 amide bonds. The van der Waals surface area contributed by atoms with Crippen LogP contribution in [0, 0.1) is 12.8 Å². The van der Waals surface area contributed by atoms with Gasteiger partial charge in [0.15, 0.2) is 0 Å². The summed E-state index contributed by atoms with van der Waals surface area (Å²) in [5.41, 5.74) is 2.39. The van der Waals surface area contributed by atoms with E-state index >= 15 is 0 Å². The van der Waals surface area contributed by atoms with Crippen molar-refractivity contribution in [3.63, 3.8) is 0 Å². The summed E-state index contributed by atoms with van der Waals surface area (Å²) in [7, 11) is 0.